The quantitative estimate of drug-likeness (QED) is 0.898. The fourth-order valence-electron chi connectivity index (χ4n) is 2.61. The monoisotopic (exact) mass is 316 g/mol. The van der Waals surface area contributed by atoms with E-state index in [0.717, 1.165) is 16.5 Å². The van der Waals surface area contributed by atoms with E-state index < -0.39 is 0 Å². The van der Waals surface area contributed by atoms with Gasteiger partial charge < -0.3 is 10.3 Å². The Hall–Kier alpha value is -2.70. The summed E-state index contributed by atoms with van der Waals surface area (Å²) >= 11 is 0. The summed E-state index contributed by atoms with van der Waals surface area (Å²) in [5.74, 6) is -0.629. The number of aromatic nitrogens is 1. The van der Waals surface area contributed by atoms with Crippen molar-refractivity contribution in [2.75, 3.05) is 13.6 Å². The standard InChI is InChI=1S/C16H17FN4O2/c1-21-15(22)5-4-13(20-21)16(23)18-7-6-10-9-19-14-8-11(17)2-3-12(10)14/h2-3,8-9,19H,4-7H2,1H3,(H,18,23). The van der Waals surface area contributed by atoms with Gasteiger partial charge in [0.15, 0.2) is 0 Å². The number of hydrogen-bond donors (Lipinski definition) is 2. The number of nitrogens with one attached hydrogen (secondary N) is 2. The lowest BCUT2D eigenvalue weighted by Gasteiger charge is -2.18. The van der Waals surface area contributed by atoms with E-state index in [-0.39, 0.29) is 17.6 Å². The number of nitrogens with zero attached hydrogens (tertiary/aromatic N) is 2. The van der Waals surface area contributed by atoms with Crippen LogP contribution in [0, 0.1) is 5.82 Å². The number of hydrazone groups is 1. The van der Waals surface area contributed by atoms with E-state index in [1.807, 2.05) is 6.20 Å². The molecule has 2 aromatic rings. The summed E-state index contributed by atoms with van der Waals surface area (Å²) in [6, 6.07) is 4.59. The maximum atomic E-state index is 13.2. The molecule has 6 nitrogen and oxygen atoms in total. The van der Waals surface area contributed by atoms with Gasteiger partial charge >= 0.3 is 0 Å². The molecule has 0 bridgehead atoms. The van der Waals surface area contributed by atoms with Crippen molar-refractivity contribution in [2.24, 2.45) is 5.10 Å². The molecule has 0 saturated heterocycles. The van der Waals surface area contributed by atoms with Crippen molar-refractivity contribution in [3.05, 3.63) is 35.8 Å². The zero-order valence-corrected chi connectivity index (χ0v) is 12.7. The van der Waals surface area contributed by atoms with Crippen LogP contribution in [0.3, 0.4) is 0 Å². The molecule has 2 N–H and O–H groups in total. The van der Waals surface area contributed by atoms with Gasteiger partial charge in [-0.25, -0.2) is 9.40 Å². The van der Waals surface area contributed by atoms with Gasteiger partial charge in [0.25, 0.3) is 5.91 Å². The summed E-state index contributed by atoms with van der Waals surface area (Å²) in [6.07, 6.45) is 3.11. The zero-order valence-electron chi connectivity index (χ0n) is 12.7. The van der Waals surface area contributed by atoms with Gasteiger partial charge in [0.2, 0.25) is 5.91 Å². The highest BCUT2D eigenvalue weighted by Crippen LogP contribution is 2.19. The summed E-state index contributed by atoms with van der Waals surface area (Å²) in [6.45, 7) is 0.444. The van der Waals surface area contributed by atoms with E-state index in [1.165, 1.54) is 17.1 Å². The van der Waals surface area contributed by atoms with Crippen molar-refractivity contribution in [1.82, 2.24) is 15.3 Å². The van der Waals surface area contributed by atoms with Crippen LogP contribution in [0.15, 0.2) is 29.5 Å². The molecule has 1 aromatic heterocycles. The largest absolute Gasteiger partial charge is 0.361 e. The van der Waals surface area contributed by atoms with Gasteiger partial charge in [-0.05, 0) is 30.2 Å². The highest BCUT2D eigenvalue weighted by Gasteiger charge is 2.21. The van der Waals surface area contributed by atoms with Gasteiger partial charge in [0.05, 0.1) is 0 Å². The minimum atomic E-state index is -0.284. The minimum Gasteiger partial charge on any atom is -0.361 e. The first-order chi connectivity index (χ1) is 11.0. The Kier molecular flexibility index (Phi) is 4.10. The Morgan fingerprint density at radius 1 is 1.43 bits per heavy atom. The van der Waals surface area contributed by atoms with E-state index in [0.29, 0.717) is 31.5 Å². The normalized spacial score (nSPS) is 15.0. The summed E-state index contributed by atoms with van der Waals surface area (Å²) in [5.41, 5.74) is 2.12. The molecular formula is C16H17FN4O2. The van der Waals surface area contributed by atoms with Crippen molar-refractivity contribution in [1.29, 1.82) is 0 Å². The first kappa shape index (κ1) is 15.2. The number of halogens is 1. The van der Waals surface area contributed by atoms with Crippen LogP contribution in [-0.2, 0) is 16.0 Å². The smallest absolute Gasteiger partial charge is 0.267 e. The topological polar surface area (TPSA) is 77.6 Å². The molecule has 2 amide bonds. The summed E-state index contributed by atoms with van der Waals surface area (Å²) < 4.78 is 13.2. The SMILES string of the molecule is CN1N=C(C(=O)NCCc2c[nH]c3cc(F)ccc23)CCC1=O. The van der Waals surface area contributed by atoms with Gasteiger partial charge in [-0.2, -0.15) is 5.10 Å². The molecule has 1 aliphatic heterocycles. The second-order valence-electron chi connectivity index (χ2n) is 5.47. The van der Waals surface area contributed by atoms with Crippen molar-refractivity contribution in [2.45, 2.75) is 19.3 Å². The van der Waals surface area contributed by atoms with Crippen molar-refractivity contribution in [3.8, 4) is 0 Å². The van der Waals surface area contributed by atoms with Gasteiger partial charge in [-0.15, -0.1) is 0 Å². The highest BCUT2D eigenvalue weighted by molar-refractivity contribution is 6.39. The van der Waals surface area contributed by atoms with E-state index in [4.69, 9.17) is 0 Å². The van der Waals surface area contributed by atoms with Crippen LogP contribution in [0.4, 0.5) is 4.39 Å². The molecule has 1 aromatic carbocycles. The first-order valence-electron chi connectivity index (χ1n) is 7.42. The Labute approximate surface area is 132 Å². The predicted molar refractivity (Wildman–Crippen MR) is 84.4 cm³/mol. The van der Waals surface area contributed by atoms with Crippen LogP contribution in [-0.4, -0.2) is 41.1 Å². The molecule has 0 radical (unpaired) electrons. The number of H-pyrrole nitrogens is 1. The van der Waals surface area contributed by atoms with E-state index in [2.05, 4.69) is 15.4 Å². The second-order valence-corrected chi connectivity index (χ2v) is 5.47. The molecule has 7 heteroatoms. The third-order valence-electron chi connectivity index (χ3n) is 3.88. The van der Waals surface area contributed by atoms with Gasteiger partial charge in [0, 0.05) is 43.5 Å². The first-order valence-corrected chi connectivity index (χ1v) is 7.42. The van der Waals surface area contributed by atoms with Crippen molar-refractivity contribution < 1.29 is 14.0 Å². The van der Waals surface area contributed by atoms with E-state index in [9.17, 15) is 14.0 Å². The van der Waals surface area contributed by atoms with Crippen LogP contribution < -0.4 is 5.32 Å². The van der Waals surface area contributed by atoms with Crippen LogP contribution in [0.25, 0.3) is 10.9 Å². The Balaban J connectivity index is 1.59. The number of carbonyl (C=O) groups is 2. The number of benzene rings is 1. The van der Waals surface area contributed by atoms with Crippen molar-refractivity contribution >= 4 is 28.4 Å². The molecule has 120 valence electrons. The average molecular weight is 316 g/mol. The molecule has 0 fully saturated rings. The number of hydrogen-bond acceptors (Lipinski definition) is 3. The third kappa shape index (κ3) is 3.23. The maximum absolute atomic E-state index is 13.2. The Morgan fingerprint density at radius 2 is 2.26 bits per heavy atom. The Bertz CT molecular complexity index is 796. The van der Waals surface area contributed by atoms with Crippen molar-refractivity contribution in [3.63, 3.8) is 0 Å². The van der Waals surface area contributed by atoms with E-state index in [1.54, 1.807) is 13.1 Å². The summed E-state index contributed by atoms with van der Waals surface area (Å²) in [7, 11) is 1.54. The van der Waals surface area contributed by atoms with Gasteiger partial charge in [-0.1, -0.05) is 0 Å². The van der Waals surface area contributed by atoms with Crippen LogP contribution in [0.5, 0.6) is 0 Å². The second kappa shape index (κ2) is 6.20. The molecule has 3 rings (SSSR count). The van der Waals surface area contributed by atoms with Crippen LogP contribution in [0.2, 0.25) is 0 Å². The number of rotatable bonds is 4. The minimum absolute atomic E-state index is 0.0902. The van der Waals surface area contributed by atoms with Crippen LogP contribution >= 0.6 is 0 Å². The maximum Gasteiger partial charge on any atom is 0.267 e. The molecule has 0 unspecified atom stereocenters. The fourth-order valence-corrected chi connectivity index (χ4v) is 2.61. The molecule has 0 aliphatic carbocycles. The van der Waals surface area contributed by atoms with Gasteiger partial charge in [-0.3, -0.25) is 9.59 Å². The lowest BCUT2D eigenvalue weighted by atomic mass is 10.1. The average Bonchev–Trinajstić information content (AvgIpc) is 2.92. The zero-order chi connectivity index (χ0) is 16.4. The summed E-state index contributed by atoms with van der Waals surface area (Å²) in [4.78, 5) is 26.4. The highest BCUT2D eigenvalue weighted by atomic mass is 19.1. The van der Waals surface area contributed by atoms with Crippen LogP contribution in [0.1, 0.15) is 18.4 Å². The molecular weight excluding hydrogens is 299 g/mol. The van der Waals surface area contributed by atoms with E-state index >= 15 is 0 Å². The number of amides is 2. The van der Waals surface area contributed by atoms with Gasteiger partial charge in [0.1, 0.15) is 11.5 Å². The Morgan fingerprint density at radius 3 is 3.04 bits per heavy atom. The summed E-state index contributed by atoms with van der Waals surface area (Å²) in [5, 5.41) is 8.93. The lowest BCUT2D eigenvalue weighted by molar-refractivity contribution is -0.130. The fraction of sp³-hybridized carbons (Fsp3) is 0.312. The predicted octanol–water partition coefficient (Wildman–Crippen LogP) is 1.57. The number of carbonyl (C=O) groups excluding carboxylic acids is 2. The number of aromatic amines is 1. The number of fused-ring (bicyclic) bond motifs is 1. The third-order valence-corrected chi connectivity index (χ3v) is 3.88. The molecule has 0 spiro atoms. The lowest BCUT2D eigenvalue weighted by Crippen LogP contribution is -2.38. The molecule has 23 heavy (non-hydrogen) atoms. The molecule has 0 atom stereocenters. The molecule has 0 saturated carbocycles. The molecule has 2 heterocycles. The molecule has 1 aliphatic rings.